The van der Waals surface area contributed by atoms with Gasteiger partial charge in [-0.1, -0.05) is 176 Å². The van der Waals surface area contributed by atoms with Crippen LogP contribution in [0.3, 0.4) is 0 Å². The van der Waals surface area contributed by atoms with Crippen molar-refractivity contribution in [2.45, 2.75) is 5.41 Å². The number of rotatable bonds is 5. The van der Waals surface area contributed by atoms with Gasteiger partial charge in [-0.25, -0.2) is 9.97 Å². The van der Waals surface area contributed by atoms with Crippen LogP contribution in [0.4, 0.5) is 0 Å². The van der Waals surface area contributed by atoms with E-state index >= 15 is 0 Å². The predicted octanol–water partition coefficient (Wildman–Crippen LogP) is 14.3. The first-order chi connectivity index (χ1) is 30.7. The van der Waals surface area contributed by atoms with Gasteiger partial charge >= 0.3 is 0 Å². The molecule has 0 fully saturated rings. The zero-order chi connectivity index (χ0) is 41.2. The van der Waals surface area contributed by atoms with Crippen LogP contribution >= 0.6 is 0 Å². The summed E-state index contributed by atoms with van der Waals surface area (Å²) in [7, 11) is 0. The molecule has 62 heavy (non-hydrogen) atoms. The van der Waals surface area contributed by atoms with Crippen LogP contribution in [0.5, 0.6) is 11.5 Å². The highest BCUT2D eigenvalue weighted by atomic mass is 16.5. The molecule has 1 aromatic heterocycles. The quantitative estimate of drug-likeness (QED) is 0.174. The average molecular weight is 790 g/mol. The summed E-state index contributed by atoms with van der Waals surface area (Å²) in [4.78, 5) is 10.4. The summed E-state index contributed by atoms with van der Waals surface area (Å²) in [6, 6.07) is 76.7. The minimum Gasteiger partial charge on any atom is -0.457 e. The Morgan fingerprint density at radius 2 is 0.935 bits per heavy atom. The molecule has 0 N–H and O–H groups in total. The molecule has 9 aromatic carbocycles. The van der Waals surface area contributed by atoms with Crippen molar-refractivity contribution in [2.75, 3.05) is 0 Å². The van der Waals surface area contributed by atoms with Gasteiger partial charge in [-0.2, -0.15) is 5.26 Å². The number of aromatic nitrogens is 2. The van der Waals surface area contributed by atoms with E-state index in [-0.39, 0.29) is 0 Å². The van der Waals surface area contributed by atoms with E-state index < -0.39 is 5.41 Å². The summed E-state index contributed by atoms with van der Waals surface area (Å²) in [6.45, 7) is 0. The van der Waals surface area contributed by atoms with Crippen LogP contribution in [0.25, 0.3) is 78.1 Å². The molecular formula is C58H35N3O. The number of fused-ring (bicyclic) bond motifs is 10. The molecule has 4 heteroatoms. The van der Waals surface area contributed by atoms with Crippen molar-refractivity contribution in [3.05, 3.63) is 240 Å². The number of hydrogen-bond acceptors (Lipinski definition) is 4. The molecule has 0 saturated heterocycles. The third-order valence-electron chi connectivity index (χ3n) is 12.6. The minimum absolute atomic E-state index is 0.648. The number of benzene rings is 9. The molecule has 0 bridgehead atoms. The molecule has 2 heterocycles. The number of ether oxygens (including phenoxy) is 1. The first kappa shape index (κ1) is 35.5. The number of nitriles is 1. The fourth-order valence-corrected chi connectivity index (χ4v) is 9.91. The molecule has 1 aliphatic carbocycles. The molecule has 0 atom stereocenters. The predicted molar refractivity (Wildman–Crippen MR) is 249 cm³/mol. The second-order valence-corrected chi connectivity index (χ2v) is 15.9. The van der Waals surface area contributed by atoms with Crippen molar-refractivity contribution in [1.82, 2.24) is 9.97 Å². The van der Waals surface area contributed by atoms with Crippen LogP contribution < -0.4 is 4.74 Å². The average Bonchev–Trinajstić information content (AvgIpc) is 3.64. The van der Waals surface area contributed by atoms with Crippen LogP contribution in [-0.4, -0.2) is 9.97 Å². The summed E-state index contributed by atoms with van der Waals surface area (Å²) in [5, 5.41) is 11.8. The van der Waals surface area contributed by atoms with Crippen LogP contribution in [-0.2, 0) is 5.41 Å². The van der Waals surface area contributed by atoms with E-state index in [1.54, 1.807) is 0 Å². The summed E-state index contributed by atoms with van der Waals surface area (Å²) in [5.74, 6) is 2.37. The van der Waals surface area contributed by atoms with Gasteiger partial charge in [0.15, 0.2) is 5.82 Å². The Labute approximate surface area is 359 Å². The van der Waals surface area contributed by atoms with E-state index in [2.05, 4.69) is 170 Å². The maximum absolute atomic E-state index is 9.50. The van der Waals surface area contributed by atoms with Crippen LogP contribution in [0.2, 0.25) is 0 Å². The van der Waals surface area contributed by atoms with Crippen LogP contribution in [0.15, 0.2) is 212 Å². The fraction of sp³-hybridized carbons (Fsp3) is 0.0172. The molecule has 1 aliphatic heterocycles. The normalized spacial score (nSPS) is 12.8. The molecule has 0 amide bonds. The highest BCUT2D eigenvalue weighted by Crippen LogP contribution is 2.64. The first-order valence-corrected chi connectivity index (χ1v) is 20.9. The lowest BCUT2D eigenvalue weighted by atomic mass is 9.66. The lowest BCUT2D eigenvalue weighted by Gasteiger charge is -2.39. The Balaban J connectivity index is 1.14. The maximum atomic E-state index is 9.50. The van der Waals surface area contributed by atoms with Crippen LogP contribution in [0.1, 0.15) is 27.8 Å². The summed E-state index contributed by atoms with van der Waals surface area (Å²) >= 11 is 0. The monoisotopic (exact) mass is 789 g/mol. The molecule has 1 spiro atoms. The molecule has 0 saturated carbocycles. The van der Waals surface area contributed by atoms with E-state index in [4.69, 9.17) is 14.7 Å². The Morgan fingerprint density at radius 3 is 1.63 bits per heavy atom. The highest BCUT2D eigenvalue weighted by Gasteiger charge is 2.51. The Bertz CT molecular complexity index is 3340. The molecule has 2 aliphatic rings. The summed E-state index contributed by atoms with van der Waals surface area (Å²) in [6.07, 6.45) is 0. The molecule has 0 unspecified atom stereocenters. The van der Waals surface area contributed by atoms with Gasteiger partial charge in [0.2, 0.25) is 0 Å². The smallest absolute Gasteiger partial charge is 0.160 e. The Morgan fingerprint density at radius 1 is 0.387 bits per heavy atom. The molecule has 10 aromatic rings. The van der Waals surface area contributed by atoms with Crippen molar-refractivity contribution in [3.8, 4) is 84.9 Å². The largest absolute Gasteiger partial charge is 0.457 e. The molecule has 12 rings (SSSR count). The first-order valence-electron chi connectivity index (χ1n) is 20.9. The molecule has 0 radical (unpaired) electrons. The van der Waals surface area contributed by atoms with Gasteiger partial charge in [0.1, 0.15) is 11.5 Å². The summed E-state index contributed by atoms with van der Waals surface area (Å²) in [5.41, 5.74) is 16.2. The third kappa shape index (κ3) is 5.39. The molecule has 288 valence electrons. The minimum atomic E-state index is -0.697. The SMILES string of the molecule is N#Cc1ccc(-c2ccc(-c3cccc4c3-c3ccc(-c5cc(-c6ccccc6)nc(-c6ccccc6)n5)cc3C43c4ccccc4Oc4ccccc43)c3ccccc23)cc1. The van der Waals surface area contributed by atoms with E-state index in [0.29, 0.717) is 11.4 Å². The van der Waals surface area contributed by atoms with Crippen LogP contribution in [0, 0.1) is 11.3 Å². The van der Waals surface area contributed by atoms with Gasteiger partial charge in [-0.05, 0) is 91.7 Å². The maximum Gasteiger partial charge on any atom is 0.160 e. The topological polar surface area (TPSA) is 58.8 Å². The molecule has 4 nitrogen and oxygen atoms in total. The lowest BCUT2D eigenvalue weighted by molar-refractivity contribution is 0.436. The second-order valence-electron chi connectivity index (χ2n) is 15.9. The Hall–Kier alpha value is -8.39. The molecular weight excluding hydrogens is 755 g/mol. The van der Waals surface area contributed by atoms with E-state index in [1.807, 2.05) is 48.5 Å². The van der Waals surface area contributed by atoms with Crippen molar-refractivity contribution < 1.29 is 4.74 Å². The van der Waals surface area contributed by atoms with Gasteiger partial charge < -0.3 is 4.74 Å². The Kier molecular flexibility index (Phi) is 8.10. The fourth-order valence-electron chi connectivity index (χ4n) is 9.91. The van der Waals surface area contributed by atoms with E-state index in [1.165, 1.54) is 22.3 Å². The number of nitrogens with zero attached hydrogens (tertiary/aromatic N) is 3. The van der Waals surface area contributed by atoms with Crippen molar-refractivity contribution in [3.63, 3.8) is 0 Å². The lowest BCUT2D eigenvalue weighted by Crippen LogP contribution is -2.32. The van der Waals surface area contributed by atoms with Crippen molar-refractivity contribution in [1.29, 1.82) is 5.26 Å². The second kappa shape index (κ2) is 14.1. The van der Waals surface area contributed by atoms with Crippen molar-refractivity contribution in [2.24, 2.45) is 0 Å². The van der Waals surface area contributed by atoms with E-state index in [0.717, 1.165) is 83.7 Å². The highest BCUT2D eigenvalue weighted by molar-refractivity contribution is 6.09. The summed E-state index contributed by atoms with van der Waals surface area (Å²) < 4.78 is 6.74. The van der Waals surface area contributed by atoms with Gasteiger partial charge in [-0.15, -0.1) is 0 Å². The van der Waals surface area contributed by atoms with Gasteiger partial charge in [0.25, 0.3) is 0 Å². The van der Waals surface area contributed by atoms with Crippen molar-refractivity contribution >= 4 is 10.8 Å². The third-order valence-corrected chi connectivity index (χ3v) is 12.6. The van der Waals surface area contributed by atoms with Gasteiger partial charge in [0.05, 0.1) is 28.4 Å². The van der Waals surface area contributed by atoms with E-state index in [9.17, 15) is 5.26 Å². The number of para-hydroxylation sites is 2. The van der Waals surface area contributed by atoms with Gasteiger partial charge in [-0.3, -0.25) is 0 Å². The number of hydrogen-bond donors (Lipinski definition) is 0. The van der Waals surface area contributed by atoms with Gasteiger partial charge in [0, 0.05) is 27.8 Å². The zero-order valence-electron chi connectivity index (χ0n) is 33.5. The standard InChI is InChI=1S/C58H35N3O/c59-36-37-26-28-38(29-27-37)42-32-33-45(44-19-8-7-18-43(42)44)46-20-13-23-50-56(46)47-31-30-41(34-51(47)58(50)48-21-9-11-24-54(48)62-55-25-12-10-22-49(55)58)53-35-52(39-14-3-1-4-15-39)60-57(61-53)40-16-5-2-6-17-40/h1-35H. The zero-order valence-corrected chi connectivity index (χ0v) is 33.5.